The Kier molecular flexibility index (Phi) is 6.25. The van der Waals surface area contributed by atoms with Gasteiger partial charge in [-0.05, 0) is 62.6 Å². The molecule has 5 rings (SSSR count). The number of carbonyl (C=O) groups is 1. The molecule has 0 unspecified atom stereocenters. The van der Waals surface area contributed by atoms with Gasteiger partial charge in [0.25, 0.3) is 0 Å². The minimum atomic E-state index is -0.666. The van der Waals surface area contributed by atoms with Crippen molar-refractivity contribution >= 4 is 45.7 Å². The molecule has 8 heteroatoms. The molecular weight excluding hydrogens is 469 g/mol. The molecule has 1 aliphatic carbocycles. The number of nitrogens with zero attached hydrogens (tertiary/aromatic N) is 4. The molecule has 1 aromatic heterocycles. The first-order chi connectivity index (χ1) is 16.3. The minimum absolute atomic E-state index is 0.0435. The average molecular weight is 500 g/mol. The second kappa shape index (κ2) is 9.06. The summed E-state index contributed by atoms with van der Waals surface area (Å²) in [5.74, 6) is 0.124. The minimum Gasteiger partial charge on any atom is -0.368 e. The van der Waals surface area contributed by atoms with Gasteiger partial charge in [0.15, 0.2) is 0 Å². The highest BCUT2D eigenvalue weighted by molar-refractivity contribution is 6.35. The quantitative estimate of drug-likeness (QED) is 0.531. The predicted molar refractivity (Wildman–Crippen MR) is 139 cm³/mol. The lowest BCUT2D eigenvalue weighted by Gasteiger charge is -2.43. The van der Waals surface area contributed by atoms with Crippen molar-refractivity contribution in [2.45, 2.75) is 57.2 Å². The lowest BCUT2D eigenvalue weighted by Crippen LogP contribution is -2.61. The van der Waals surface area contributed by atoms with Gasteiger partial charge in [0, 0.05) is 46.8 Å². The third kappa shape index (κ3) is 4.16. The van der Waals surface area contributed by atoms with E-state index in [0.29, 0.717) is 16.6 Å². The molecule has 6 nitrogen and oxygen atoms in total. The van der Waals surface area contributed by atoms with E-state index in [0.717, 1.165) is 60.9 Å². The molecule has 2 atom stereocenters. The first-order valence-corrected chi connectivity index (χ1v) is 12.8. The Balaban J connectivity index is 1.37. The van der Waals surface area contributed by atoms with Crippen molar-refractivity contribution in [3.05, 3.63) is 58.2 Å². The van der Waals surface area contributed by atoms with Crippen LogP contribution in [0.1, 0.15) is 51.1 Å². The van der Waals surface area contributed by atoms with Crippen LogP contribution in [0.25, 0.3) is 10.9 Å². The number of piperazine rings is 1. The van der Waals surface area contributed by atoms with Gasteiger partial charge in [-0.25, -0.2) is 0 Å². The van der Waals surface area contributed by atoms with E-state index in [9.17, 15) is 4.79 Å². The van der Waals surface area contributed by atoms with E-state index in [1.165, 1.54) is 0 Å². The normalized spacial score (nSPS) is 21.3. The van der Waals surface area contributed by atoms with E-state index in [1.54, 1.807) is 6.07 Å². The van der Waals surface area contributed by atoms with Gasteiger partial charge < -0.3 is 15.5 Å². The molecule has 1 saturated carbocycles. The zero-order chi connectivity index (χ0) is 24.0. The van der Waals surface area contributed by atoms with Gasteiger partial charge in [-0.2, -0.15) is 5.10 Å². The molecule has 2 fully saturated rings. The molecule has 1 amide bonds. The van der Waals surface area contributed by atoms with Crippen molar-refractivity contribution in [3.63, 3.8) is 0 Å². The Morgan fingerprint density at radius 3 is 2.62 bits per heavy atom. The largest absolute Gasteiger partial charge is 0.368 e. The fraction of sp³-hybridized carbons (Fsp3) is 0.462. The molecule has 2 aliphatic rings. The van der Waals surface area contributed by atoms with Crippen molar-refractivity contribution < 1.29 is 4.79 Å². The Morgan fingerprint density at radius 2 is 1.91 bits per heavy atom. The fourth-order valence-electron chi connectivity index (χ4n) is 5.50. The monoisotopic (exact) mass is 499 g/mol. The van der Waals surface area contributed by atoms with Gasteiger partial charge >= 0.3 is 0 Å². The van der Waals surface area contributed by atoms with Crippen LogP contribution in [0.3, 0.4) is 0 Å². The molecule has 180 valence electrons. The number of hydrogen-bond donors (Lipinski definition) is 1. The summed E-state index contributed by atoms with van der Waals surface area (Å²) in [6.07, 6.45) is 5.58. The van der Waals surface area contributed by atoms with E-state index in [4.69, 9.17) is 28.9 Å². The van der Waals surface area contributed by atoms with Crippen LogP contribution in [0.15, 0.2) is 42.6 Å². The first-order valence-electron chi connectivity index (χ1n) is 12.0. The molecule has 1 saturated heterocycles. The van der Waals surface area contributed by atoms with Crippen molar-refractivity contribution in [2.24, 2.45) is 5.73 Å². The van der Waals surface area contributed by atoms with E-state index in [1.807, 2.05) is 27.9 Å². The van der Waals surface area contributed by atoms with Gasteiger partial charge in [0.2, 0.25) is 5.91 Å². The standard InChI is InChI=1S/C26H31Cl2N5O/c1-17-16-31(11-12-32(17)25(34)26(29)9-3-4-10-26)21-7-5-19-15-30-33(24(19)14-21)18(2)22-8-6-20(27)13-23(22)28/h5-8,13-15,17-18H,3-4,9-12,16,29H2,1-2H3/t17-,18-/m1/s1. The summed E-state index contributed by atoms with van der Waals surface area (Å²) in [7, 11) is 0. The molecule has 0 spiro atoms. The van der Waals surface area contributed by atoms with Gasteiger partial charge in [-0.1, -0.05) is 42.1 Å². The Morgan fingerprint density at radius 1 is 1.15 bits per heavy atom. The highest BCUT2D eigenvalue weighted by atomic mass is 35.5. The summed E-state index contributed by atoms with van der Waals surface area (Å²) < 4.78 is 2.01. The Hall–Kier alpha value is -2.28. The summed E-state index contributed by atoms with van der Waals surface area (Å²) in [6, 6.07) is 12.1. The lowest BCUT2D eigenvalue weighted by molar-refractivity contribution is -0.139. The maximum atomic E-state index is 13.2. The number of hydrogen-bond acceptors (Lipinski definition) is 4. The molecule has 34 heavy (non-hydrogen) atoms. The summed E-state index contributed by atoms with van der Waals surface area (Å²) >= 11 is 12.6. The number of fused-ring (bicyclic) bond motifs is 1. The zero-order valence-corrected chi connectivity index (χ0v) is 21.2. The number of aromatic nitrogens is 2. The topological polar surface area (TPSA) is 67.4 Å². The zero-order valence-electron chi connectivity index (χ0n) is 19.7. The molecule has 1 aliphatic heterocycles. The van der Waals surface area contributed by atoms with E-state index < -0.39 is 5.54 Å². The predicted octanol–water partition coefficient (Wildman–Crippen LogP) is 5.26. The fourth-order valence-corrected chi connectivity index (χ4v) is 6.07. The number of anilines is 1. The van der Waals surface area contributed by atoms with Crippen molar-refractivity contribution in [1.29, 1.82) is 0 Å². The van der Waals surface area contributed by atoms with Crippen molar-refractivity contribution in [1.82, 2.24) is 14.7 Å². The van der Waals surface area contributed by atoms with Gasteiger partial charge in [-0.3, -0.25) is 9.48 Å². The molecule has 2 N–H and O–H groups in total. The summed E-state index contributed by atoms with van der Waals surface area (Å²) in [5.41, 5.74) is 8.96. The summed E-state index contributed by atoms with van der Waals surface area (Å²) in [5, 5.41) is 6.99. The third-order valence-electron chi connectivity index (χ3n) is 7.54. The third-order valence-corrected chi connectivity index (χ3v) is 8.10. The number of nitrogens with two attached hydrogens (primary N) is 1. The van der Waals surface area contributed by atoms with Crippen LogP contribution in [-0.4, -0.2) is 51.8 Å². The van der Waals surface area contributed by atoms with Gasteiger partial charge in [-0.15, -0.1) is 0 Å². The van der Waals surface area contributed by atoms with Gasteiger partial charge in [0.1, 0.15) is 0 Å². The highest BCUT2D eigenvalue weighted by Crippen LogP contribution is 2.33. The molecular formula is C26H31Cl2N5O. The van der Waals surface area contributed by atoms with Crippen LogP contribution in [0, 0.1) is 0 Å². The number of halogens is 2. The number of benzene rings is 2. The first kappa shape index (κ1) is 23.5. The van der Waals surface area contributed by atoms with E-state index in [-0.39, 0.29) is 18.0 Å². The lowest BCUT2D eigenvalue weighted by atomic mass is 9.95. The van der Waals surface area contributed by atoms with Crippen LogP contribution in [0.4, 0.5) is 5.69 Å². The Bertz CT molecular complexity index is 1220. The van der Waals surface area contributed by atoms with Crippen LogP contribution in [-0.2, 0) is 4.79 Å². The number of rotatable bonds is 4. The van der Waals surface area contributed by atoms with Crippen LogP contribution in [0.5, 0.6) is 0 Å². The molecule has 2 heterocycles. The summed E-state index contributed by atoms with van der Waals surface area (Å²) in [4.78, 5) is 17.5. The van der Waals surface area contributed by atoms with E-state index >= 15 is 0 Å². The van der Waals surface area contributed by atoms with E-state index in [2.05, 4.69) is 42.0 Å². The molecule has 0 radical (unpaired) electrons. The highest BCUT2D eigenvalue weighted by Gasteiger charge is 2.42. The van der Waals surface area contributed by atoms with Crippen molar-refractivity contribution in [2.75, 3.05) is 24.5 Å². The van der Waals surface area contributed by atoms with Crippen LogP contribution in [0.2, 0.25) is 10.0 Å². The molecule has 0 bridgehead atoms. The maximum Gasteiger partial charge on any atom is 0.243 e. The summed E-state index contributed by atoms with van der Waals surface area (Å²) in [6.45, 7) is 6.46. The van der Waals surface area contributed by atoms with Crippen LogP contribution >= 0.6 is 23.2 Å². The number of carbonyl (C=O) groups excluding carboxylic acids is 1. The molecule has 2 aromatic carbocycles. The Labute approximate surface area is 210 Å². The smallest absolute Gasteiger partial charge is 0.243 e. The average Bonchev–Trinajstić information content (AvgIpc) is 3.45. The SMILES string of the molecule is C[C@@H]1CN(c2ccc3cnn([C@H](C)c4ccc(Cl)cc4Cl)c3c2)CCN1C(=O)C1(N)CCCC1. The van der Waals surface area contributed by atoms with Gasteiger partial charge in [0.05, 0.1) is 23.3 Å². The second-order valence-corrected chi connectivity index (χ2v) is 10.7. The maximum absolute atomic E-state index is 13.2. The van der Waals surface area contributed by atoms with Crippen molar-refractivity contribution in [3.8, 4) is 0 Å². The number of amides is 1. The van der Waals surface area contributed by atoms with Crippen LogP contribution < -0.4 is 10.6 Å². The second-order valence-electron chi connectivity index (χ2n) is 9.83. The molecule has 3 aromatic rings.